The molecule has 26 heavy (non-hydrogen) atoms. The number of nitrogens with zero attached hydrogens (tertiary/aromatic N) is 3. The van der Waals surface area contributed by atoms with E-state index < -0.39 is 0 Å². The minimum absolute atomic E-state index is 0.0298. The van der Waals surface area contributed by atoms with Crippen LogP contribution in [0.15, 0.2) is 30.3 Å². The highest BCUT2D eigenvalue weighted by atomic mass is 16.5. The maximum absolute atomic E-state index is 11.6. The number of hydrogen-bond donors (Lipinski definition) is 1. The Balaban J connectivity index is 1.62. The first-order valence-electron chi connectivity index (χ1n) is 8.77. The molecule has 2 aliphatic rings. The third kappa shape index (κ3) is 3.22. The third-order valence-electron chi connectivity index (χ3n) is 4.83. The molecule has 0 spiro atoms. The van der Waals surface area contributed by atoms with Crippen LogP contribution in [0.3, 0.4) is 0 Å². The number of anilines is 2. The van der Waals surface area contributed by atoms with E-state index in [-0.39, 0.29) is 24.5 Å². The number of para-hydroxylation sites is 1. The molecule has 1 amide bonds. The molecule has 1 aromatic heterocycles. The van der Waals surface area contributed by atoms with Crippen molar-refractivity contribution < 1.29 is 14.3 Å². The summed E-state index contributed by atoms with van der Waals surface area (Å²) in [6, 6.07) is 10.1. The molecule has 2 aromatic rings. The molecule has 0 aliphatic carbocycles. The number of aryl methyl sites for hydroxylation is 1. The van der Waals surface area contributed by atoms with Gasteiger partial charge < -0.3 is 19.7 Å². The maximum Gasteiger partial charge on any atom is 0.246 e. The Hall–Kier alpha value is -2.67. The van der Waals surface area contributed by atoms with E-state index in [0.717, 1.165) is 24.3 Å². The van der Waals surface area contributed by atoms with Gasteiger partial charge in [-0.1, -0.05) is 18.2 Å². The van der Waals surface area contributed by atoms with Gasteiger partial charge in [-0.2, -0.15) is 4.98 Å². The van der Waals surface area contributed by atoms with Crippen molar-refractivity contribution in [2.45, 2.75) is 25.3 Å². The van der Waals surface area contributed by atoms with Crippen LogP contribution in [0.4, 0.5) is 11.6 Å². The van der Waals surface area contributed by atoms with E-state index in [2.05, 4.69) is 32.3 Å². The van der Waals surface area contributed by atoms with Crippen LogP contribution in [0.1, 0.15) is 23.6 Å². The zero-order valence-corrected chi connectivity index (χ0v) is 14.9. The summed E-state index contributed by atoms with van der Waals surface area (Å²) in [6.45, 7) is 3.40. The van der Waals surface area contributed by atoms with Crippen LogP contribution in [0.2, 0.25) is 0 Å². The van der Waals surface area contributed by atoms with Gasteiger partial charge in [0, 0.05) is 29.9 Å². The number of carbonyl (C=O) groups excluding carboxylic acids is 1. The van der Waals surface area contributed by atoms with Crippen LogP contribution in [0, 0.1) is 6.92 Å². The molecule has 0 bridgehead atoms. The predicted molar refractivity (Wildman–Crippen MR) is 96.9 cm³/mol. The zero-order chi connectivity index (χ0) is 18.1. The van der Waals surface area contributed by atoms with Crippen LogP contribution in [-0.4, -0.2) is 48.8 Å². The monoisotopic (exact) mass is 354 g/mol. The number of morpholine rings is 1. The maximum atomic E-state index is 11.6. The molecule has 3 heterocycles. The smallest absolute Gasteiger partial charge is 0.246 e. The predicted octanol–water partition coefficient (Wildman–Crippen LogP) is 1.93. The molecule has 136 valence electrons. The number of fused-ring (bicyclic) bond motifs is 1. The van der Waals surface area contributed by atoms with E-state index in [0.29, 0.717) is 18.4 Å². The van der Waals surface area contributed by atoms with Gasteiger partial charge in [0.1, 0.15) is 6.61 Å². The fourth-order valence-corrected chi connectivity index (χ4v) is 3.71. The van der Waals surface area contributed by atoms with Crippen LogP contribution >= 0.6 is 0 Å². The Bertz CT molecular complexity index is 826. The van der Waals surface area contributed by atoms with Gasteiger partial charge in [-0.05, 0) is 25.0 Å². The van der Waals surface area contributed by atoms with E-state index in [1.54, 1.807) is 7.11 Å². The van der Waals surface area contributed by atoms with Crippen molar-refractivity contribution in [3.63, 3.8) is 0 Å². The quantitative estimate of drug-likeness (QED) is 0.904. The molecule has 7 nitrogen and oxygen atoms in total. The molecule has 1 N–H and O–H groups in total. The van der Waals surface area contributed by atoms with E-state index in [9.17, 15) is 4.79 Å². The number of benzene rings is 1. The summed E-state index contributed by atoms with van der Waals surface area (Å²) >= 11 is 0. The van der Waals surface area contributed by atoms with Crippen molar-refractivity contribution in [3.8, 4) is 5.88 Å². The first kappa shape index (κ1) is 16.8. The van der Waals surface area contributed by atoms with Crippen molar-refractivity contribution >= 4 is 17.5 Å². The van der Waals surface area contributed by atoms with Crippen molar-refractivity contribution in [2.24, 2.45) is 0 Å². The summed E-state index contributed by atoms with van der Waals surface area (Å²) in [5.41, 5.74) is 3.21. The molecular formula is C19H22N4O3. The number of carbonyl (C=O) groups is 1. The minimum atomic E-state index is -0.0452. The Labute approximate surface area is 152 Å². The summed E-state index contributed by atoms with van der Waals surface area (Å²) in [5.74, 6) is 1.42. The molecule has 4 rings (SSSR count). The third-order valence-corrected chi connectivity index (χ3v) is 4.83. The normalized spacial score (nSPS) is 22.1. The Morgan fingerprint density at radius 1 is 1.35 bits per heavy atom. The molecule has 2 aliphatic heterocycles. The Morgan fingerprint density at radius 2 is 2.19 bits per heavy atom. The van der Waals surface area contributed by atoms with E-state index in [1.807, 2.05) is 25.1 Å². The topological polar surface area (TPSA) is 76.6 Å². The first-order chi connectivity index (χ1) is 12.6. The van der Waals surface area contributed by atoms with Crippen LogP contribution in [-0.2, 0) is 9.53 Å². The lowest BCUT2D eigenvalue weighted by Crippen LogP contribution is -2.46. The Morgan fingerprint density at radius 3 is 3.00 bits per heavy atom. The molecule has 1 aromatic carbocycles. The van der Waals surface area contributed by atoms with Gasteiger partial charge in [-0.25, -0.2) is 4.98 Å². The van der Waals surface area contributed by atoms with Crippen LogP contribution in [0.5, 0.6) is 5.88 Å². The largest absolute Gasteiger partial charge is 0.481 e. The van der Waals surface area contributed by atoms with Gasteiger partial charge in [-0.3, -0.25) is 4.79 Å². The molecule has 2 unspecified atom stereocenters. The molecular weight excluding hydrogens is 332 g/mol. The zero-order valence-electron chi connectivity index (χ0n) is 14.9. The highest BCUT2D eigenvalue weighted by molar-refractivity contribution is 5.78. The van der Waals surface area contributed by atoms with Crippen molar-refractivity contribution in [3.05, 3.63) is 41.6 Å². The summed E-state index contributed by atoms with van der Waals surface area (Å²) in [4.78, 5) is 22.9. The second-order valence-corrected chi connectivity index (χ2v) is 6.73. The highest BCUT2D eigenvalue weighted by Gasteiger charge is 2.33. The van der Waals surface area contributed by atoms with E-state index in [1.165, 1.54) is 5.56 Å². The number of hydrogen-bond acceptors (Lipinski definition) is 6. The second kappa shape index (κ2) is 6.92. The van der Waals surface area contributed by atoms with Crippen molar-refractivity contribution in [1.29, 1.82) is 0 Å². The van der Waals surface area contributed by atoms with E-state index >= 15 is 0 Å². The van der Waals surface area contributed by atoms with Gasteiger partial charge in [0.2, 0.25) is 17.7 Å². The average molecular weight is 354 g/mol. The number of rotatable bonds is 4. The molecule has 7 heteroatoms. The second-order valence-electron chi connectivity index (χ2n) is 6.73. The lowest BCUT2D eigenvalue weighted by Gasteiger charge is -2.26. The van der Waals surface area contributed by atoms with Gasteiger partial charge in [0.25, 0.3) is 0 Å². The first-order valence-corrected chi connectivity index (χ1v) is 8.77. The van der Waals surface area contributed by atoms with Crippen molar-refractivity contribution in [2.75, 3.05) is 31.8 Å². The number of nitrogens with one attached hydrogen (secondary N) is 1. The minimum Gasteiger partial charge on any atom is -0.481 e. The molecule has 0 radical (unpaired) electrons. The number of aromatic nitrogens is 2. The summed E-state index contributed by atoms with van der Waals surface area (Å²) in [5, 5.41) is 3.02. The van der Waals surface area contributed by atoms with Gasteiger partial charge in [0.05, 0.1) is 19.8 Å². The average Bonchev–Trinajstić information content (AvgIpc) is 3.00. The number of methoxy groups -OCH3 is 1. The fourth-order valence-electron chi connectivity index (χ4n) is 3.71. The van der Waals surface area contributed by atoms with Gasteiger partial charge in [-0.15, -0.1) is 0 Å². The number of ether oxygens (including phenoxy) is 2. The van der Waals surface area contributed by atoms with Crippen molar-refractivity contribution in [1.82, 2.24) is 15.3 Å². The Kier molecular flexibility index (Phi) is 4.46. The van der Waals surface area contributed by atoms with Gasteiger partial charge in [0.15, 0.2) is 0 Å². The summed E-state index contributed by atoms with van der Waals surface area (Å²) in [7, 11) is 1.61. The van der Waals surface area contributed by atoms with E-state index in [4.69, 9.17) is 9.47 Å². The number of amides is 1. The molecule has 0 saturated carbocycles. The molecule has 1 saturated heterocycles. The lowest BCUT2D eigenvalue weighted by atomic mass is 9.94. The fraction of sp³-hybridized carbons (Fsp3) is 0.421. The summed E-state index contributed by atoms with van der Waals surface area (Å²) in [6.07, 6.45) is 0.822. The van der Waals surface area contributed by atoms with Crippen LogP contribution < -0.4 is 15.0 Å². The standard InChI is InChI=1S/C19H22N4O3/c1-12-7-18(25-2)22-19(20-12)23-9-13(15-5-3-4-6-16(15)23)8-14-10-26-11-17(24)21-14/h3-7,13-14H,8-11H2,1-2H3,(H,21,24). The lowest BCUT2D eigenvalue weighted by molar-refractivity contribution is -0.131. The molecule has 1 fully saturated rings. The summed E-state index contributed by atoms with van der Waals surface area (Å²) < 4.78 is 10.7. The SMILES string of the molecule is COc1cc(C)nc(N2CC(CC3COCC(=O)N3)c3ccccc32)n1. The van der Waals surface area contributed by atoms with Gasteiger partial charge >= 0.3 is 0 Å². The highest BCUT2D eigenvalue weighted by Crippen LogP contribution is 2.42. The van der Waals surface area contributed by atoms with Crippen LogP contribution in [0.25, 0.3) is 0 Å². The molecule has 2 atom stereocenters.